The molecule has 2 aromatic carbocycles. The zero-order valence-electron chi connectivity index (χ0n) is 16.8. The fraction of sp³-hybridized carbons (Fsp3) is 0.250. The zero-order chi connectivity index (χ0) is 20.6. The summed E-state index contributed by atoms with van der Waals surface area (Å²) in [7, 11) is 1.64. The third-order valence-corrected chi connectivity index (χ3v) is 4.86. The van der Waals surface area contributed by atoms with E-state index >= 15 is 0 Å². The number of methoxy groups -OCH3 is 1. The normalized spacial score (nSPS) is 11.7. The van der Waals surface area contributed by atoms with E-state index in [-0.39, 0.29) is 12.5 Å². The predicted octanol–water partition coefficient (Wildman–Crippen LogP) is 5.34. The summed E-state index contributed by atoms with van der Waals surface area (Å²) in [5.41, 5.74) is 4.92. The third kappa shape index (κ3) is 5.35. The number of aliphatic carboxylic acids is 1. The first-order chi connectivity index (χ1) is 14.1. The van der Waals surface area contributed by atoms with Crippen LogP contribution in [0.2, 0.25) is 0 Å². The van der Waals surface area contributed by atoms with Crippen molar-refractivity contribution in [1.82, 2.24) is 4.98 Å². The van der Waals surface area contributed by atoms with Crippen LogP contribution >= 0.6 is 0 Å². The summed E-state index contributed by atoms with van der Waals surface area (Å²) >= 11 is 0. The van der Waals surface area contributed by atoms with Crippen LogP contribution in [0.15, 0.2) is 66.7 Å². The van der Waals surface area contributed by atoms with Crippen LogP contribution < -0.4 is 10.1 Å². The summed E-state index contributed by atoms with van der Waals surface area (Å²) in [6.07, 6.45) is 1.54. The molecule has 1 unspecified atom stereocenters. The first-order valence-corrected chi connectivity index (χ1v) is 9.78. The number of aromatic nitrogens is 1. The van der Waals surface area contributed by atoms with Crippen molar-refractivity contribution in [3.05, 3.63) is 77.9 Å². The number of carboxylic acid groups (broad SMARTS) is 1. The molecular formula is C24H26N2O3. The van der Waals surface area contributed by atoms with Crippen LogP contribution in [0, 0.1) is 0 Å². The molecule has 0 amide bonds. The van der Waals surface area contributed by atoms with Gasteiger partial charge in [-0.3, -0.25) is 4.79 Å². The lowest BCUT2D eigenvalue weighted by molar-refractivity contribution is -0.136. The van der Waals surface area contributed by atoms with E-state index in [0.29, 0.717) is 12.3 Å². The molecule has 1 atom stereocenters. The van der Waals surface area contributed by atoms with Gasteiger partial charge in [-0.2, -0.15) is 0 Å². The SMILES string of the molecule is CCC(Nc1ccc(CCC(=O)O)cc1)c1ccc(-c2ccccc2)nc1OC. The molecule has 0 spiro atoms. The highest BCUT2D eigenvalue weighted by atomic mass is 16.5. The van der Waals surface area contributed by atoms with Crippen LogP contribution in [0.25, 0.3) is 11.3 Å². The lowest BCUT2D eigenvalue weighted by atomic mass is 10.0. The molecular weight excluding hydrogens is 364 g/mol. The highest BCUT2D eigenvalue weighted by molar-refractivity contribution is 5.67. The molecule has 0 aliphatic rings. The quantitative estimate of drug-likeness (QED) is 0.516. The van der Waals surface area contributed by atoms with Gasteiger partial charge in [0, 0.05) is 23.2 Å². The molecule has 0 bridgehead atoms. The number of ether oxygens (including phenoxy) is 1. The van der Waals surface area contributed by atoms with Crippen LogP contribution in [0.3, 0.4) is 0 Å². The van der Waals surface area contributed by atoms with E-state index in [2.05, 4.69) is 18.3 Å². The van der Waals surface area contributed by atoms with E-state index in [9.17, 15) is 4.79 Å². The lowest BCUT2D eigenvalue weighted by Crippen LogP contribution is -2.12. The molecule has 2 N–H and O–H groups in total. The van der Waals surface area contributed by atoms with Gasteiger partial charge in [0.15, 0.2) is 0 Å². The van der Waals surface area contributed by atoms with Crippen molar-refractivity contribution < 1.29 is 14.6 Å². The maximum Gasteiger partial charge on any atom is 0.303 e. The molecule has 0 aliphatic carbocycles. The Morgan fingerprint density at radius 2 is 1.79 bits per heavy atom. The number of rotatable bonds is 9. The molecule has 5 heteroatoms. The second-order valence-electron chi connectivity index (χ2n) is 6.86. The van der Waals surface area contributed by atoms with Crippen molar-refractivity contribution >= 4 is 11.7 Å². The Balaban J connectivity index is 1.78. The second kappa shape index (κ2) is 9.73. The number of benzene rings is 2. The molecule has 0 aliphatic heterocycles. The van der Waals surface area contributed by atoms with E-state index in [1.807, 2.05) is 60.7 Å². The third-order valence-electron chi connectivity index (χ3n) is 4.86. The maximum atomic E-state index is 10.7. The molecule has 29 heavy (non-hydrogen) atoms. The Labute approximate surface area is 171 Å². The summed E-state index contributed by atoms with van der Waals surface area (Å²) in [6, 6.07) is 22.1. The highest BCUT2D eigenvalue weighted by Gasteiger charge is 2.17. The molecule has 1 aromatic heterocycles. The van der Waals surface area contributed by atoms with Gasteiger partial charge in [0.1, 0.15) is 0 Å². The Kier molecular flexibility index (Phi) is 6.85. The molecule has 3 rings (SSSR count). The minimum atomic E-state index is -0.781. The van der Waals surface area contributed by atoms with E-state index < -0.39 is 5.97 Å². The minimum Gasteiger partial charge on any atom is -0.481 e. The second-order valence-corrected chi connectivity index (χ2v) is 6.86. The first-order valence-electron chi connectivity index (χ1n) is 9.78. The average molecular weight is 390 g/mol. The lowest BCUT2D eigenvalue weighted by Gasteiger charge is -2.21. The molecule has 3 aromatic rings. The summed E-state index contributed by atoms with van der Waals surface area (Å²) in [6.45, 7) is 2.11. The monoisotopic (exact) mass is 390 g/mol. The largest absolute Gasteiger partial charge is 0.481 e. The van der Waals surface area contributed by atoms with Gasteiger partial charge >= 0.3 is 5.97 Å². The van der Waals surface area contributed by atoms with Gasteiger partial charge in [0.2, 0.25) is 5.88 Å². The van der Waals surface area contributed by atoms with Crippen molar-refractivity contribution in [3.8, 4) is 17.1 Å². The smallest absolute Gasteiger partial charge is 0.303 e. The zero-order valence-corrected chi connectivity index (χ0v) is 16.8. The average Bonchev–Trinajstić information content (AvgIpc) is 2.77. The topological polar surface area (TPSA) is 71.5 Å². The highest BCUT2D eigenvalue weighted by Crippen LogP contribution is 2.31. The fourth-order valence-corrected chi connectivity index (χ4v) is 3.27. The van der Waals surface area contributed by atoms with Crippen LogP contribution in [0.1, 0.15) is 36.9 Å². The maximum absolute atomic E-state index is 10.7. The Morgan fingerprint density at radius 3 is 2.41 bits per heavy atom. The van der Waals surface area contributed by atoms with Crippen LogP contribution in [-0.2, 0) is 11.2 Å². The summed E-state index contributed by atoms with van der Waals surface area (Å²) in [4.78, 5) is 15.4. The number of hydrogen-bond donors (Lipinski definition) is 2. The Morgan fingerprint density at radius 1 is 1.07 bits per heavy atom. The number of aryl methyl sites for hydroxylation is 1. The molecule has 1 heterocycles. The van der Waals surface area contributed by atoms with Gasteiger partial charge in [-0.25, -0.2) is 4.98 Å². The van der Waals surface area contributed by atoms with E-state index in [1.54, 1.807) is 7.11 Å². The molecule has 0 saturated heterocycles. The van der Waals surface area contributed by atoms with Crippen molar-refractivity contribution in [2.45, 2.75) is 32.2 Å². The van der Waals surface area contributed by atoms with Crippen LogP contribution in [-0.4, -0.2) is 23.2 Å². The molecule has 150 valence electrons. The van der Waals surface area contributed by atoms with Gasteiger partial charge < -0.3 is 15.2 Å². The summed E-state index contributed by atoms with van der Waals surface area (Å²) in [5.74, 6) is -0.166. The first kappa shape index (κ1) is 20.4. The number of carboxylic acids is 1. The number of pyridine rings is 1. The predicted molar refractivity (Wildman–Crippen MR) is 115 cm³/mol. The number of anilines is 1. The van der Waals surface area contributed by atoms with Gasteiger partial charge in [-0.1, -0.05) is 49.4 Å². The Bertz CT molecular complexity index is 940. The number of nitrogens with one attached hydrogen (secondary N) is 1. The van der Waals surface area contributed by atoms with Crippen molar-refractivity contribution in [1.29, 1.82) is 0 Å². The van der Waals surface area contributed by atoms with Gasteiger partial charge in [-0.15, -0.1) is 0 Å². The minimum absolute atomic E-state index is 0.0483. The molecule has 0 fully saturated rings. The van der Waals surface area contributed by atoms with E-state index in [4.69, 9.17) is 14.8 Å². The van der Waals surface area contributed by atoms with Crippen molar-refractivity contribution in [2.24, 2.45) is 0 Å². The van der Waals surface area contributed by atoms with Gasteiger partial charge in [-0.05, 0) is 42.7 Å². The summed E-state index contributed by atoms with van der Waals surface area (Å²) < 4.78 is 5.59. The van der Waals surface area contributed by atoms with Gasteiger partial charge in [0.05, 0.1) is 18.8 Å². The number of nitrogens with zero attached hydrogens (tertiary/aromatic N) is 1. The van der Waals surface area contributed by atoms with E-state index in [0.717, 1.165) is 34.5 Å². The number of hydrogen-bond acceptors (Lipinski definition) is 4. The standard InChI is InChI=1S/C24H26N2O3/c1-3-21(25-19-12-9-17(10-13-19)11-16-23(27)28)20-14-15-22(26-24(20)29-2)18-7-5-4-6-8-18/h4-10,12-15,21,25H,3,11,16H2,1-2H3,(H,27,28). The van der Waals surface area contributed by atoms with Gasteiger partial charge in [0.25, 0.3) is 0 Å². The molecule has 0 radical (unpaired) electrons. The fourth-order valence-electron chi connectivity index (χ4n) is 3.27. The van der Waals surface area contributed by atoms with E-state index in [1.165, 1.54) is 0 Å². The van der Waals surface area contributed by atoms with Crippen molar-refractivity contribution in [3.63, 3.8) is 0 Å². The molecule has 5 nitrogen and oxygen atoms in total. The summed E-state index contributed by atoms with van der Waals surface area (Å²) in [5, 5.41) is 12.4. The Hall–Kier alpha value is -3.34. The number of carbonyl (C=O) groups is 1. The van der Waals surface area contributed by atoms with Crippen molar-refractivity contribution in [2.75, 3.05) is 12.4 Å². The molecule has 0 saturated carbocycles. The van der Waals surface area contributed by atoms with Crippen LogP contribution in [0.4, 0.5) is 5.69 Å². The van der Waals surface area contributed by atoms with Crippen LogP contribution in [0.5, 0.6) is 5.88 Å².